The second-order valence-electron chi connectivity index (χ2n) is 7.84. The third kappa shape index (κ3) is 6.17. The second-order valence-corrected chi connectivity index (χ2v) is 7.84. The van der Waals surface area contributed by atoms with Crippen molar-refractivity contribution in [2.45, 2.75) is 37.6 Å². The van der Waals surface area contributed by atoms with E-state index >= 15 is 0 Å². The SMILES string of the molecule is COC(=O)/C=C/[C@H]1O[C@@H](c2ccccc2)[C@@H](OCc2ccccc2)[C@@H]1OCc1ccccc1. The van der Waals surface area contributed by atoms with E-state index in [0.29, 0.717) is 13.2 Å². The normalized spacial score (nSPS) is 22.5. The van der Waals surface area contributed by atoms with Crippen LogP contribution in [0.5, 0.6) is 0 Å². The monoisotopic (exact) mass is 444 g/mol. The van der Waals surface area contributed by atoms with Crippen molar-refractivity contribution in [2.24, 2.45) is 0 Å². The minimum atomic E-state index is -0.473. The molecule has 1 aliphatic heterocycles. The van der Waals surface area contributed by atoms with Gasteiger partial charge in [-0.1, -0.05) is 91.0 Å². The summed E-state index contributed by atoms with van der Waals surface area (Å²) in [4.78, 5) is 11.8. The molecule has 0 amide bonds. The van der Waals surface area contributed by atoms with Gasteiger partial charge in [0.1, 0.15) is 24.4 Å². The Morgan fingerprint density at radius 3 is 1.85 bits per heavy atom. The maximum absolute atomic E-state index is 11.8. The molecule has 170 valence electrons. The summed E-state index contributed by atoms with van der Waals surface area (Å²) in [5.41, 5.74) is 3.12. The molecule has 33 heavy (non-hydrogen) atoms. The molecule has 0 bridgehead atoms. The number of carbonyl (C=O) groups excluding carboxylic acids is 1. The lowest BCUT2D eigenvalue weighted by Gasteiger charge is -2.25. The summed E-state index contributed by atoms with van der Waals surface area (Å²) in [6.07, 6.45) is 1.47. The van der Waals surface area contributed by atoms with Gasteiger partial charge < -0.3 is 18.9 Å². The molecule has 3 aromatic carbocycles. The quantitative estimate of drug-likeness (QED) is 0.342. The lowest BCUT2D eigenvalue weighted by molar-refractivity contribution is -0.134. The predicted molar refractivity (Wildman–Crippen MR) is 125 cm³/mol. The van der Waals surface area contributed by atoms with E-state index in [-0.39, 0.29) is 12.2 Å². The van der Waals surface area contributed by atoms with E-state index < -0.39 is 18.2 Å². The maximum atomic E-state index is 11.8. The van der Waals surface area contributed by atoms with E-state index in [1.165, 1.54) is 13.2 Å². The Morgan fingerprint density at radius 1 is 0.788 bits per heavy atom. The van der Waals surface area contributed by atoms with Gasteiger partial charge in [-0.2, -0.15) is 0 Å². The molecule has 4 atom stereocenters. The summed E-state index contributed by atoms with van der Waals surface area (Å²) in [6.45, 7) is 0.834. The average Bonchev–Trinajstić information content (AvgIpc) is 3.23. The summed E-state index contributed by atoms with van der Waals surface area (Å²) < 4.78 is 24.0. The molecule has 3 aromatic rings. The molecular weight excluding hydrogens is 416 g/mol. The first-order chi connectivity index (χ1) is 16.2. The van der Waals surface area contributed by atoms with Crippen LogP contribution in [0, 0.1) is 0 Å². The number of benzene rings is 3. The Morgan fingerprint density at radius 2 is 1.30 bits per heavy atom. The molecule has 1 saturated heterocycles. The molecule has 0 saturated carbocycles. The highest BCUT2D eigenvalue weighted by atomic mass is 16.6. The summed E-state index contributed by atoms with van der Waals surface area (Å²) in [6, 6.07) is 29.9. The van der Waals surface area contributed by atoms with Crippen LogP contribution in [0.1, 0.15) is 22.8 Å². The van der Waals surface area contributed by atoms with Crippen molar-refractivity contribution in [3.8, 4) is 0 Å². The molecule has 0 unspecified atom stereocenters. The number of methoxy groups -OCH3 is 1. The van der Waals surface area contributed by atoms with Crippen LogP contribution in [0.3, 0.4) is 0 Å². The first-order valence-electron chi connectivity index (χ1n) is 11.0. The zero-order valence-electron chi connectivity index (χ0n) is 18.6. The molecule has 0 N–H and O–H groups in total. The number of esters is 1. The van der Waals surface area contributed by atoms with E-state index in [2.05, 4.69) is 0 Å². The van der Waals surface area contributed by atoms with E-state index in [9.17, 15) is 4.79 Å². The minimum Gasteiger partial charge on any atom is -0.466 e. The van der Waals surface area contributed by atoms with E-state index in [1.54, 1.807) is 6.08 Å². The third-order valence-electron chi connectivity index (χ3n) is 5.57. The fourth-order valence-electron chi connectivity index (χ4n) is 3.90. The zero-order valence-corrected chi connectivity index (χ0v) is 18.6. The highest BCUT2D eigenvalue weighted by Crippen LogP contribution is 2.38. The van der Waals surface area contributed by atoms with Gasteiger partial charge in [-0.3, -0.25) is 0 Å². The lowest BCUT2D eigenvalue weighted by atomic mass is 10.0. The van der Waals surface area contributed by atoms with Crippen molar-refractivity contribution >= 4 is 5.97 Å². The maximum Gasteiger partial charge on any atom is 0.330 e. The Labute approximate surface area is 194 Å². The molecule has 0 spiro atoms. The van der Waals surface area contributed by atoms with Gasteiger partial charge in [0.25, 0.3) is 0 Å². The predicted octanol–water partition coefficient (Wildman–Crippen LogP) is 5.03. The Bertz CT molecular complexity index is 1020. The van der Waals surface area contributed by atoms with Crippen molar-refractivity contribution in [1.29, 1.82) is 0 Å². The van der Waals surface area contributed by atoms with E-state index in [4.69, 9.17) is 18.9 Å². The fourth-order valence-corrected chi connectivity index (χ4v) is 3.90. The van der Waals surface area contributed by atoms with Gasteiger partial charge in [-0.25, -0.2) is 4.79 Å². The smallest absolute Gasteiger partial charge is 0.330 e. The number of hydrogen-bond acceptors (Lipinski definition) is 5. The molecule has 0 aromatic heterocycles. The molecule has 4 rings (SSSR count). The van der Waals surface area contributed by atoms with E-state index in [1.807, 2.05) is 91.0 Å². The first-order valence-corrected chi connectivity index (χ1v) is 11.0. The van der Waals surface area contributed by atoms with Crippen molar-refractivity contribution < 1.29 is 23.7 Å². The van der Waals surface area contributed by atoms with Gasteiger partial charge in [0.05, 0.1) is 20.3 Å². The summed E-state index contributed by atoms with van der Waals surface area (Å²) in [5, 5.41) is 0. The summed E-state index contributed by atoms with van der Waals surface area (Å²) in [5.74, 6) is -0.440. The lowest BCUT2D eigenvalue weighted by Crippen LogP contribution is -2.35. The highest BCUT2D eigenvalue weighted by molar-refractivity contribution is 5.81. The van der Waals surface area contributed by atoms with Crippen LogP contribution in [-0.4, -0.2) is 31.4 Å². The van der Waals surface area contributed by atoms with Crippen molar-refractivity contribution in [2.75, 3.05) is 7.11 Å². The van der Waals surface area contributed by atoms with Gasteiger partial charge in [0.2, 0.25) is 0 Å². The van der Waals surface area contributed by atoms with Crippen molar-refractivity contribution in [1.82, 2.24) is 0 Å². The van der Waals surface area contributed by atoms with Gasteiger partial charge in [0.15, 0.2) is 0 Å². The van der Waals surface area contributed by atoms with Crippen LogP contribution < -0.4 is 0 Å². The largest absolute Gasteiger partial charge is 0.466 e. The van der Waals surface area contributed by atoms with Crippen LogP contribution in [0.25, 0.3) is 0 Å². The van der Waals surface area contributed by atoms with Gasteiger partial charge in [0, 0.05) is 6.08 Å². The number of hydrogen-bond donors (Lipinski definition) is 0. The second kappa shape index (κ2) is 11.6. The molecule has 5 heteroatoms. The zero-order chi connectivity index (χ0) is 22.9. The van der Waals surface area contributed by atoms with Crippen molar-refractivity contribution in [3.05, 3.63) is 120 Å². The third-order valence-corrected chi connectivity index (χ3v) is 5.57. The summed E-state index contributed by atoms with van der Waals surface area (Å²) in [7, 11) is 1.35. The molecule has 1 aliphatic rings. The minimum absolute atomic E-state index is 0.344. The number of rotatable bonds is 9. The Kier molecular flexibility index (Phi) is 8.04. The highest BCUT2D eigenvalue weighted by Gasteiger charge is 2.46. The van der Waals surface area contributed by atoms with Gasteiger partial charge in [-0.15, -0.1) is 0 Å². The topological polar surface area (TPSA) is 54.0 Å². The molecule has 5 nitrogen and oxygen atoms in total. The van der Waals surface area contributed by atoms with Gasteiger partial charge >= 0.3 is 5.97 Å². The van der Waals surface area contributed by atoms with Crippen LogP contribution >= 0.6 is 0 Å². The average molecular weight is 445 g/mol. The number of carbonyl (C=O) groups is 1. The number of ether oxygens (including phenoxy) is 4. The molecule has 0 aliphatic carbocycles. The van der Waals surface area contributed by atoms with Crippen LogP contribution in [0.4, 0.5) is 0 Å². The van der Waals surface area contributed by atoms with Gasteiger partial charge in [-0.05, 0) is 22.8 Å². The summed E-state index contributed by atoms with van der Waals surface area (Å²) >= 11 is 0. The van der Waals surface area contributed by atoms with Crippen LogP contribution in [0.15, 0.2) is 103 Å². The Balaban J connectivity index is 1.60. The van der Waals surface area contributed by atoms with Crippen molar-refractivity contribution in [3.63, 3.8) is 0 Å². The Hall–Kier alpha value is -3.25. The molecular formula is C28H28O5. The molecule has 1 fully saturated rings. The molecule has 1 heterocycles. The van der Waals surface area contributed by atoms with Crippen LogP contribution in [0.2, 0.25) is 0 Å². The standard InChI is InChI=1S/C28H28O5/c1-30-25(29)18-17-24-27(31-19-21-11-5-2-6-12-21)28(32-20-22-13-7-3-8-14-22)26(33-24)23-15-9-4-10-16-23/h2-18,24,26-28H,19-20H2,1H3/b18-17+/t24-,26+,27-,28-/m1/s1. The van der Waals surface area contributed by atoms with E-state index in [0.717, 1.165) is 16.7 Å². The van der Waals surface area contributed by atoms with Crippen LogP contribution in [-0.2, 0) is 37.0 Å². The fraction of sp³-hybridized carbons (Fsp3) is 0.250. The first kappa shape index (κ1) is 22.9. The molecule has 0 radical (unpaired) electrons.